The summed E-state index contributed by atoms with van der Waals surface area (Å²) in [6, 6.07) is 9.06. The molecular formula is C24H30N2O5S. The summed E-state index contributed by atoms with van der Waals surface area (Å²) in [5.74, 6) is 0.806. The predicted octanol–water partition coefficient (Wildman–Crippen LogP) is 3.54. The zero-order valence-electron chi connectivity index (χ0n) is 18.8. The van der Waals surface area contributed by atoms with Crippen LogP contribution in [-0.2, 0) is 27.7 Å². The second kappa shape index (κ2) is 9.11. The lowest BCUT2D eigenvalue weighted by molar-refractivity contribution is -0.120. The highest BCUT2D eigenvalue weighted by Crippen LogP contribution is 2.34. The largest absolute Gasteiger partial charge is 0.493 e. The Morgan fingerprint density at radius 3 is 2.34 bits per heavy atom. The standard InChI is InChI=1S/C24H30N2O5S/c1-16-13-22(30-2)23(31-3)15-21(16)25-24(27)18-9-11-26(12-10-18)32(28,29)20-8-7-17-5-4-6-19(17)14-20/h7-8,13-15,18H,4-6,9-12H2,1-3H3,(H,25,27). The molecule has 0 saturated carbocycles. The van der Waals surface area contributed by atoms with E-state index >= 15 is 0 Å². The van der Waals surface area contributed by atoms with Gasteiger partial charge in [-0.05, 0) is 73.9 Å². The molecule has 0 unspecified atom stereocenters. The summed E-state index contributed by atoms with van der Waals surface area (Å²) in [5.41, 5.74) is 3.93. The first-order valence-electron chi connectivity index (χ1n) is 11.0. The van der Waals surface area contributed by atoms with Crippen LogP contribution >= 0.6 is 0 Å². The van der Waals surface area contributed by atoms with Gasteiger partial charge in [-0.15, -0.1) is 0 Å². The number of benzene rings is 2. The molecule has 0 radical (unpaired) electrons. The molecule has 2 aromatic carbocycles. The fraction of sp³-hybridized carbons (Fsp3) is 0.458. The number of nitrogens with zero attached hydrogens (tertiary/aromatic N) is 1. The van der Waals surface area contributed by atoms with Crippen LogP contribution in [0.25, 0.3) is 0 Å². The molecule has 1 saturated heterocycles. The lowest BCUT2D eigenvalue weighted by Crippen LogP contribution is -2.41. The summed E-state index contributed by atoms with van der Waals surface area (Å²) in [6.45, 7) is 2.56. The van der Waals surface area contributed by atoms with Gasteiger partial charge in [0.05, 0.1) is 19.1 Å². The van der Waals surface area contributed by atoms with Crippen LogP contribution in [0.4, 0.5) is 5.69 Å². The van der Waals surface area contributed by atoms with Gasteiger partial charge >= 0.3 is 0 Å². The van der Waals surface area contributed by atoms with Crippen molar-refractivity contribution in [3.63, 3.8) is 0 Å². The Hall–Kier alpha value is -2.58. The van der Waals surface area contributed by atoms with Gasteiger partial charge in [-0.25, -0.2) is 8.42 Å². The zero-order chi connectivity index (χ0) is 22.9. The zero-order valence-corrected chi connectivity index (χ0v) is 19.6. The Labute approximate surface area is 189 Å². The summed E-state index contributed by atoms with van der Waals surface area (Å²) in [6.07, 6.45) is 4.02. The highest BCUT2D eigenvalue weighted by atomic mass is 32.2. The Balaban J connectivity index is 1.41. The molecule has 1 aliphatic carbocycles. The van der Waals surface area contributed by atoms with Gasteiger partial charge in [-0.1, -0.05) is 6.07 Å². The van der Waals surface area contributed by atoms with Crippen molar-refractivity contribution in [3.8, 4) is 11.5 Å². The molecule has 0 spiro atoms. The number of carbonyl (C=O) groups excluding carboxylic acids is 1. The Bertz CT molecular complexity index is 1120. The molecule has 32 heavy (non-hydrogen) atoms. The van der Waals surface area contributed by atoms with Crippen LogP contribution in [0.2, 0.25) is 0 Å². The lowest BCUT2D eigenvalue weighted by atomic mass is 9.97. The lowest BCUT2D eigenvalue weighted by Gasteiger charge is -2.30. The Morgan fingerprint density at radius 2 is 1.66 bits per heavy atom. The molecule has 7 nitrogen and oxygen atoms in total. The second-order valence-corrected chi connectivity index (χ2v) is 10.4. The third kappa shape index (κ3) is 4.34. The maximum Gasteiger partial charge on any atom is 0.243 e. The minimum atomic E-state index is -3.54. The maximum atomic E-state index is 13.1. The average molecular weight is 459 g/mol. The number of hydrogen-bond acceptors (Lipinski definition) is 5. The van der Waals surface area contributed by atoms with Crippen molar-refractivity contribution < 1.29 is 22.7 Å². The number of rotatable bonds is 6. The van der Waals surface area contributed by atoms with E-state index < -0.39 is 10.0 Å². The van der Waals surface area contributed by atoms with E-state index in [0.29, 0.717) is 48.0 Å². The molecule has 0 atom stereocenters. The van der Waals surface area contributed by atoms with E-state index in [2.05, 4.69) is 5.32 Å². The number of nitrogens with one attached hydrogen (secondary N) is 1. The van der Waals surface area contributed by atoms with Gasteiger partial charge < -0.3 is 14.8 Å². The van der Waals surface area contributed by atoms with E-state index in [0.717, 1.165) is 30.4 Å². The van der Waals surface area contributed by atoms with Crippen LogP contribution in [0, 0.1) is 12.8 Å². The SMILES string of the molecule is COc1cc(C)c(NC(=O)C2CCN(S(=O)(=O)c3ccc4c(c3)CCC4)CC2)cc1OC. The molecule has 1 fully saturated rings. The number of anilines is 1. The first-order chi connectivity index (χ1) is 15.3. The number of ether oxygens (including phenoxy) is 2. The van der Waals surface area contributed by atoms with Crippen molar-refractivity contribution in [1.82, 2.24) is 4.31 Å². The smallest absolute Gasteiger partial charge is 0.243 e. The molecule has 1 amide bonds. The topological polar surface area (TPSA) is 84.9 Å². The van der Waals surface area contributed by atoms with Crippen LogP contribution in [0.1, 0.15) is 36.0 Å². The number of hydrogen-bond donors (Lipinski definition) is 1. The van der Waals surface area contributed by atoms with Crippen LogP contribution in [-0.4, -0.2) is 45.9 Å². The van der Waals surface area contributed by atoms with Crippen molar-refractivity contribution in [1.29, 1.82) is 0 Å². The van der Waals surface area contributed by atoms with Gasteiger partial charge in [0.2, 0.25) is 15.9 Å². The van der Waals surface area contributed by atoms with Gasteiger partial charge in [-0.2, -0.15) is 4.31 Å². The number of fused-ring (bicyclic) bond motifs is 1. The van der Waals surface area contributed by atoms with Crippen molar-refractivity contribution in [2.75, 3.05) is 32.6 Å². The van der Waals surface area contributed by atoms with E-state index in [1.807, 2.05) is 25.1 Å². The fourth-order valence-electron chi connectivity index (χ4n) is 4.57. The van der Waals surface area contributed by atoms with E-state index in [-0.39, 0.29) is 11.8 Å². The molecule has 2 aliphatic rings. The second-order valence-electron chi connectivity index (χ2n) is 8.47. The van der Waals surface area contributed by atoms with Crippen LogP contribution < -0.4 is 14.8 Å². The van der Waals surface area contributed by atoms with Crippen molar-refractivity contribution >= 4 is 21.6 Å². The normalized spacial score (nSPS) is 17.1. The number of sulfonamides is 1. The molecule has 2 aromatic rings. The van der Waals surface area contributed by atoms with Crippen LogP contribution in [0.3, 0.4) is 0 Å². The third-order valence-electron chi connectivity index (χ3n) is 6.52. The minimum Gasteiger partial charge on any atom is -0.493 e. The average Bonchev–Trinajstić information content (AvgIpc) is 3.28. The molecule has 8 heteroatoms. The van der Waals surface area contributed by atoms with Gasteiger partial charge in [0.25, 0.3) is 0 Å². The molecule has 4 rings (SSSR count). The summed E-state index contributed by atoms with van der Waals surface area (Å²) in [7, 11) is -0.423. The monoisotopic (exact) mass is 458 g/mol. The van der Waals surface area contributed by atoms with E-state index in [4.69, 9.17) is 9.47 Å². The Kier molecular flexibility index (Phi) is 6.44. The highest BCUT2D eigenvalue weighted by Gasteiger charge is 2.33. The van der Waals surface area contributed by atoms with Crippen molar-refractivity contribution in [2.24, 2.45) is 5.92 Å². The summed E-state index contributed by atoms with van der Waals surface area (Å²) in [5, 5.41) is 2.98. The molecular weight excluding hydrogens is 428 g/mol. The fourth-order valence-corrected chi connectivity index (χ4v) is 6.09. The first-order valence-corrected chi connectivity index (χ1v) is 12.4. The van der Waals surface area contributed by atoms with Gasteiger partial charge in [0, 0.05) is 30.8 Å². The van der Waals surface area contributed by atoms with Gasteiger partial charge in [-0.3, -0.25) is 4.79 Å². The quantitative estimate of drug-likeness (QED) is 0.716. The maximum absolute atomic E-state index is 13.1. The van der Waals surface area contributed by atoms with Crippen molar-refractivity contribution in [3.05, 3.63) is 47.0 Å². The number of piperidine rings is 1. The number of amides is 1. The first kappa shape index (κ1) is 22.6. The highest BCUT2D eigenvalue weighted by molar-refractivity contribution is 7.89. The van der Waals surface area contributed by atoms with E-state index in [1.54, 1.807) is 26.4 Å². The third-order valence-corrected chi connectivity index (χ3v) is 8.42. The number of carbonyl (C=O) groups is 1. The van der Waals surface area contributed by atoms with Gasteiger partial charge in [0.1, 0.15) is 0 Å². The molecule has 1 N–H and O–H groups in total. The Morgan fingerprint density at radius 1 is 1.00 bits per heavy atom. The number of methoxy groups -OCH3 is 2. The van der Waals surface area contributed by atoms with Crippen LogP contribution in [0.5, 0.6) is 11.5 Å². The number of aryl methyl sites for hydroxylation is 3. The van der Waals surface area contributed by atoms with Crippen molar-refractivity contribution in [2.45, 2.75) is 43.9 Å². The molecule has 1 heterocycles. The minimum absolute atomic E-state index is 0.102. The molecule has 172 valence electrons. The summed E-state index contributed by atoms with van der Waals surface area (Å²) < 4.78 is 38.4. The van der Waals surface area contributed by atoms with E-state index in [1.165, 1.54) is 9.87 Å². The predicted molar refractivity (Wildman–Crippen MR) is 123 cm³/mol. The molecule has 1 aliphatic heterocycles. The van der Waals surface area contributed by atoms with Crippen LogP contribution in [0.15, 0.2) is 35.2 Å². The summed E-state index contributed by atoms with van der Waals surface area (Å²) >= 11 is 0. The molecule has 0 aromatic heterocycles. The van der Waals surface area contributed by atoms with Gasteiger partial charge in [0.15, 0.2) is 11.5 Å². The molecule has 0 bridgehead atoms. The summed E-state index contributed by atoms with van der Waals surface area (Å²) in [4.78, 5) is 13.2. The van der Waals surface area contributed by atoms with E-state index in [9.17, 15) is 13.2 Å².